The molecule has 0 spiro atoms. The van der Waals surface area contributed by atoms with Crippen molar-refractivity contribution in [2.45, 2.75) is 13.8 Å². The third-order valence-electron chi connectivity index (χ3n) is 2.14. The third kappa shape index (κ3) is 2.58. The molecule has 0 fully saturated rings. The zero-order valence-corrected chi connectivity index (χ0v) is 9.39. The number of nitro groups is 1. The van der Waals surface area contributed by atoms with Gasteiger partial charge in [-0.15, -0.1) is 0 Å². The van der Waals surface area contributed by atoms with Gasteiger partial charge in [0.25, 0.3) is 5.69 Å². The Kier molecular flexibility index (Phi) is 3.78. The molecule has 0 saturated carbocycles. The lowest BCUT2D eigenvalue weighted by Gasteiger charge is -2.06. The van der Waals surface area contributed by atoms with Crippen LogP contribution >= 0.6 is 0 Å². The highest BCUT2D eigenvalue weighted by molar-refractivity contribution is 5.93. The number of nitrogens with zero attached hydrogens (tertiary/aromatic N) is 2. The summed E-state index contributed by atoms with van der Waals surface area (Å²) in [5, 5.41) is 19.6. The van der Waals surface area contributed by atoms with Gasteiger partial charge < -0.3 is 4.74 Å². The van der Waals surface area contributed by atoms with Crippen LogP contribution in [0, 0.1) is 28.4 Å². The molecule has 0 unspecified atom stereocenters. The minimum atomic E-state index is -0.726. The van der Waals surface area contributed by atoms with E-state index >= 15 is 0 Å². The lowest BCUT2D eigenvalue weighted by atomic mass is 10.0. The summed E-state index contributed by atoms with van der Waals surface area (Å²) in [6.45, 7) is 3.30. The fourth-order valence-electron chi connectivity index (χ4n) is 1.39. The molecule has 17 heavy (non-hydrogen) atoms. The fraction of sp³-hybridized carbons (Fsp3) is 0.273. The van der Waals surface area contributed by atoms with E-state index in [4.69, 9.17) is 10.00 Å². The molecule has 0 amide bonds. The van der Waals surface area contributed by atoms with Crippen molar-refractivity contribution in [3.63, 3.8) is 0 Å². The molecule has 0 aromatic heterocycles. The van der Waals surface area contributed by atoms with Crippen LogP contribution in [-0.2, 0) is 4.74 Å². The molecule has 0 aliphatic rings. The molecule has 6 heteroatoms. The number of hydrogen-bond acceptors (Lipinski definition) is 5. The van der Waals surface area contributed by atoms with Crippen LogP contribution in [0.1, 0.15) is 28.4 Å². The lowest BCUT2D eigenvalue weighted by molar-refractivity contribution is -0.384. The number of benzene rings is 1. The molecule has 0 saturated heterocycles. The van der Waals surface area contributed by atoms with Crippen molar-refractivity contribution in [2.24, 2.45) is 0 Å². The van der Waals surface area contributed by atoms with Gasteiger partial charge in [-0.25, -0.2) is 4.79 Å². The van der Waals surface area contributed by atoms with E-state index in [9.17, 15) is 14.9 Å². The number of hydrogen-bond donors (Lipinski definition) is 0. The van der Waals surface area contributed by atoms with Crippen molar-refractivity contribution in [2.75, 3.05) is 6.61 Å². The van der Waals surface area contributed by atoms with Crippen LogP contribution in [0.5, 0.6) is 0 Å². The standard InChI is InChI=1S/C11H10N2O4/c1-3-17-11(14)9-5-8(13(15)16)4-7(2)10(9)6-12/h4-5H,3H2,1-2H3. The molecule has 0 radical (unpaired) electrons. The van der Waals surface area contributed by atoms with E-state index in [1.165, 1.54) is 13.0 Å². The first-order valence-corrected chi connectivity index (χ1v) is 4.87. The zero-order chi connectivity index (χ0) is 13.0. The van der Waals surface area contributed by atoms with Crippen LogP contribution in [0.2, 0.25) is 0 Å². The second-order valence-corrected chi connectivity index (χ2v) is 3.27. The summed E-state index contributed by atoms with van der Waals surface area (Å²) in [5.74, 6) is -0.726. The predicted molar refractivity (Wildman–Crippen MR) is 58.5 cm³/mol. The van der Waals surface area contributed by atoms with Crippen molar-refractivity contribution in [1.82, 2.24) is 0 Å². The smallest absolute Gasteiger partial charge is 0.339 e. The van der Waals surface area contributed by atoms with Gasteiger partial charge >= 0.3 is 5.97 Å². The van der Waals surface area contributed by atoms with Gasteiger partial charge in [0.15, 0.2) is 0 Å². The first-order chi connectivity index (χ1) is 8.01. The van der Waals surface area contributed by atoms with Crippen molar-refractivity contribution in [1.29, 1.82) is 5.26 Å². The summed E-state index contributed by atoms with van der Waals surface area (Å²) in [6.07, 6.45) is 0. The van der Waals surface area contributed by atoms with Gasteiger partial charge in [0.1, 0.15) is 6.07 Å². The number of rotatable bonds is 3. The minimum Gasteiger partial charge on any atom is -0.462 e. The van der Waals surface area contributed by atoms with Crippen molar-refractivity contribution < 1.29 is 14.5 Å². The van der Waals surface area contributed by atoms with Gasteiger partial charge in [0.05, 0.1) is 22.7 Å². The van der Waals surface area contributed by atoms with Crippen molar-refractivity contribution in [3.05, 3.63) is 38.9 Å². The minimum absolute atomic E-state index is 0.0685. The lowest BCUT2D eigenvalue weighted by Crippen LogP contribution is -2.09. The Morgan fingerprint density at radius 2 is 2.24 bits per heavy atom. The summed E-state index contributed by atoms with van der Waals surface area (Å²) >= 11 is 0. The number of nitriles is 1. The van der Waals surface area contributed by atoms with Crippen molar-refractivity contribution >= 4 is 11.7 Å². The molecule has 0 heterocycles. The number of carbonyl (C=O) groups excluding carboxylic acids is 1. The Balaban J connectivity index is 3.40. The average molecular weight is 234 g/mol. The average Bonchev–Trinajstić information content (AvgIpc) is 2.28. The van der Waals surface area contributed by atoms with Gasteiger partial charge in [0.2, 0.25) is 0 Å². The molecule has 1 rings (SSSR count). The van der Waals surface area contributed by atoms with Gasteiger partial charge in [-0.05, 0) is 19.4 Å². The van der Waals surface area contributed by atoms with E-state index in [1.54, 1.807) is 6.92 Å². The van der Waals surface area contributed by atoms with Crippen LogP contribution in [0.25, 0.3) is 0 Å². The van der Waals surface area contributed by atoms with Gasteiger partial charge in [0, 0.05) is 12.1 Å². The molecule has 1 aromatic carbocycles. The summed E-state index contributed by atoms with van der Waals surface area (Å²) in [5.41, 5.74) is 0.185. The molecule has 0 N–H and O–H groups in total. The Morgan fingerprint density at radius 1 is 1.59 bits per heavy atom. The molecule has 88 valence electrons. The van der Waals surface area contributed by atoms with E-state index in [1.807, 2.05) is 6.07 Å². The number of esters is 1. The Morgan fingerprint density at radius 3 is 2.71 bits per heavy atom. The quantitative estimate of drug-likeness (QED) is 0.452. The van der Waals surface area contributed by atoms with Gasteiger partial charge in [-0.3, -0.25) is 10.1 Å². The number of carbonyl (C=O) groups is 1. The first-order valence-electron chi connectivity index (χ1n) is 4.87. The maximum atomic E-state index is 11.6. The highest BCUT2D eigenvalue weighted by Crippen LogP contribution is 2.22. The highest BCUT2D eigenvalue weighted by atomic mass is 16.6. The Bertz CT molecular complexity index is 517. The molecular formula is C11H10N2O4. The summed E-state index contributed by atoms with van der Waals surface area (Å²) < 4.78 is 4.75. The van der Waals surface area contributed by atoms with Crippen LogP contribution in [-0.4, -0.2) is 17.5 Å². The second-order valence-electron chi connectivity index (χ2n) is 3.27. The van der Waals surface area contributed by atoms with Crippen LogP contribution in [0.15, 0.2) is 12.1 Å². The SMILES string of the molecule is CCOC(=O)c1cc([N+](=O)[O-])cc(C)c1C#N. The number of nitro benzene ring substituents is 1. The summed E-state index contributed by atoms with van der Waals surface area (Å²) in [7, 11) is 0. The Labute approximate surface area is 97.6 Å². The second kappa shape index (κ2) is 5.07. The van der Waals surface area contributed by atoms with E-state index in [2.05, 4.69) is 0 Å². The largest absolute Gasteiger partial charge is 0.462 e. The molecule has 1 aromatic rings. The van der Waals surface area contributed by atoms with Crippen molar-refractivity contribution in [3.8, 4) is 6.07 Å². The maximum absolute atomic E-state index is 11.6. The topological polar surface area (TPSA) is 93.2 Å². The first kappa shape index (κ1) is 12.6. The normalized spacial score (nSPS) is 9.47. The molecule has 0 bridgehead atoms. The highest BCUT2D eigenvalue weighted by Gasteiger charge is 2.20. The van der Waals surface area contributed by atoms with Gasteiger partial charge in [-0.1, -0.05) is 0 Å². The molecular weight excluding hydrogens is 224 g/mol. The molecule has 0 aliphatic carbocycles. The zero-order valence-electron chi connectivity index (χ0n) is 9.39. The molecule has 0 atom stereocenters. The summed E-state index contributed by atoms with van der Waals surface area (Å²) in [6, 6.07) is 4.16. The Hall–Kier alpha value is -2.42. The summed E-state index contributed by atoms with van der Waals surface area (Å²) in [4.78, 5) is 21.6. The third-order valence-corrected chi connectivity index (χ3v) is 2.14. The van der Waals surface area contributed by atoms with Crippen LogP contribution in [0.4, 0.5) is 5.69 Å². The maximum Gasteiger partial charge on any atom is 0.339 e. The van der Waals surface area contributed by atoms with Gasteiger partial charge in [-0.2, -0.15) is 5.26 Å². The molecule has 0 aliphatic heterocycles. The number of non-ortho nitro benzene ring substituents is 1. The molecule has 6 nitrogen and oxygen atoms in total. The van der Waals surface area contributed by atoms with E-state index in [0.717, 1.165) is 6.07 Å². The number of ether oxygens (including phenoxy) is 1. The monoisotopic (exact) mass is 234 g/mol. The van der Waals surface area contributed by atoms with Crippen LogP contribution < -0.4 is 0 Å². The number of aryl methyl sites for hydroxylation is 1. The fourth-order valence-corrected chi connectivity index (χ4v) is 1.39. The van der Waals surface area contributed by atoms with E-state index in [-0.39, 0.29) is 23.4 Å². The van der Waals surface area contributed by atoms with E-state index < -0.39 is 10.9 Å². The van der Waals surface area contributed by atoms with E-state index in [0.29, 0.717) is 5.56 Å². The predicted octanol–water partition coefficient (Wildman–Crippen LogP) is 1.95. The van der Waals surface area contributed by atoms with Crippen LogP contribution in [0.3, 0.4) is 0 Å².